The van der Waals surface area contributed by atoms with Crippen molar-refractivity contribution in [2.45, 2.75) is 13.5 Å². The van der Waals surface area contributed by atoms with Gasteiger partial charge in [0.05, 0.1) is 6.54 Å². The van der Waals surface area contributed by atoms with E-state index in [1.807, 2.05) is 50.5 Å². The van der Waals surface area contributed by atoms with Gasteiger partial charge in [0.2, 0.25) is 11.8 Å². The minimum Gasteiger partial charge on any atom is -0.419 e. The molecule has 0 bridgehead atoms. The molecule has 0 amide bonds. The van der Waals surface area contributed by atoms with Gasteiger partial charge in [0.1, 0.15) is 0 Å². The van der Waals surface area contributed by atoms with E-state index < -0.39 is 0 Å². The second-order valence-electron chi connectivity index (χ2n) is 5.66. The van der Waals surface area contributed by atoms with Gasteiger partial charge in [0, 0.05) is 31.0 Å². The summed E-state index contributed by atoms with van der Waals surface area (Å²) < 4.78 is 5.70. The van der Waals surface area contributed by atoms with Gasteiger partial charge in [-0.2, -0.15) is 0 Å². The zero-order valence-electron chi connectivity index (χ0n) is 13.6. The first-order valence-corrected chi connectivity index (χ1v) is 7.52. The van der Waals surface area contributed by atoms with Crippen LogP contribution in [-0.4, -0.2) is 24.3 Å². The van der Waals surface area contributed by atoms with Gasteiger partial charge in [-0.15, -0.1) is 10.2 Å². The average molecular weight is 308 g/mol. The fourth-order valence-corrected chi connectivity index (χ4v) is 2.19. The highest BCUT2D eigenvalue weighted by Crippen LogP contribution is 2.19. The molecule has 0 aliphatic rings. The molecule has 118 valence electrons. The monoisotopic (exact) mass is 308 g/mol. The molecule has 0 unspecified atom stereocenters. The fourth-order valence-electron chi connectivity index (χ4n) is 2.19. The SMILES string of the molecule is Cc1ccc(-c2nnc(CNc3ccc(N(C)C)cc3)o2)cc1. The molecule has 5 heteroatoms. The molecule has 0 saturated carbocycles. The molecule has 2 aromatic carbocycles. The third kappa shape index (κ3) is 3.69. The molecule has 3 rings (SSSR count). The number of hydrogen-bond donors (Lipinski definition) is 1. The van der Waals surface area contributed by atoms with Crippen molar-refractivity contribution in [3.63, 3.8) is 0 Å². The van der Waals surface area contributed by atoms with Crippen LogP contribution in [0.15, 0.2) is 52.9 Å². The lowest BCUT2D eigenvalue weighted by molar-refractivity contribution is 0.515. The Balaban J connectivity index is 1.64. The van der Waals surface area contributed by atoms with Gasteiger partial charge in [0.15, 0.2) is 0 Å². The van der Waals surface area contributed by atoms with Crippen LogP contribution in [0.3, 0.4) is 0 Å². The fraction of sp³-hybridized carbons (Fsp3) is 0.222. The lowest BCUT2D eigenvalue weighted by atomic mass is 10.1. The highest BCUT2D eigenvalue weighted by atomic mass is 16.4. The van der Waals surface area contributed by atoms with Gasteiger partial charge in [-0.05, 0) is 43.3 Å². The Morgan fingerprint density at radius 1 is 0.957 bits per heavy atom. The number of benzene rings is 2. The largest absolute Gasteiger partial charge is 0.419 e. The first-order valence-electron chi connectivity index (χ1n) is 7.52. The first-order chi connectivity index (χ1) is 11.1. The molecule has 1 heterocycles. The highest BCUT2D eigenvalue weighted by Gasteiger charge is 2.08. The zero-order valence-corrected chi connectivity index (χ0v) is 13.6. The summed E-state index contributed by atoms with van der Waals surface area (Å²) in [5.41, 5.74) is 4.32. The maximum Gasteiger partial charge on any atom is 0.247 e. The van der Waals surface area contributed by atoms with E-state index in [0.717, 1.165) is 16.9 Å². The lowest BCUT2D eigenvalue weighted by Gasteiger charge is -2.12. The molecule has 0 fully saturated rings. The standard InChI is InChI=1S/C18H20N4O/c1-13-4-6-14(7-5-13)18-21-20-17(23-18)12-19-15-8-10-16(11-9-15)22(2)3/h4-11,19H,12H2,1-3H3. The van der Waals surface area contributed by atoms with Gasteiger partial charge in [0.25, 0.3) is 0 Å². The zero-order chi connectivity index (χ0) is 16.2. The Hall–Kier alpha value is -2.82. The topological polar surface area (TPSA) is 54.2 Å². The van der Waals surface area contributed by atoms with Crippen molar-refractivity contribution in [2.75, 3.05) is 24.3 Å². The normalized spacial score (nSPS) is 10.6. The summed E-state index contributed by atoms with van der Waals surface area (Å²) in [6.45, 7) is 2.55. The van der Waals surface area contributed by atoms with Crippen LogP contribution in [0.5, 0.6) is 0 Å². The Kier molecular flexibility index (Phi) is 4.28. The average Bonchev–Trinajstić information content (AvgIpc) is 3.03. The molecule has 0 spiro atoms. The Bertz CT molecular complexity index is 760. The van der Waals surface area contributed by atoms with E-state index in [1.54, 1.807) is 0 Å². The molecule has 0 radical (unpaired) electrons. The molecule has 3 aromatic rings. The van der Waals surface area contributed by atoms with E-state index in [0.29, 0.717) is 18.3 Å². The van der Waals surface area contributed by atoms with Crippen molar-refractivity contribution in [3.8, 4) is 11.5 Å². The molecular formula is C18H20N4O. The van der Waals surface area contributed by atoms with E-state index in [2.05, 4.69) is 39.5 Å². The molecule has 1 aromatic heterocycles. The Labute approximate surface area is 136 Å². The van der Waals surface area contributed by atoms with Crippen molar-refractivity contribution < 1.29 is 4.42 Å². The molecule has 0 aliphatic carbocycles. The van der Waals surface area contributed by atoms with Crippen molar-refractivity contribution in [1.29, 1.82) is 0 Å². The summed E-state index contributed by atoms with van der Waals surface area (Å²) in [7, 11) is 4.04. The Morgan fingerprint density at radius 2 is 1.65 bits per heavy atom. The first kappa shape index (κ1) is 15.1. The van der Waals surface area contributed by atoms with Gasteiger partial charge < -0.3 is 14.6 Å². The number of nitrogens with zero attached hydrogens (tertiary/aromatic N) is 3. The minimum absolute atomic E-state index is 0.500. The molecule has 0 saturated heterocycles. The van der Waals surface area contributed by atoms with E-state index >= 15 is 0 Å². The molecule has 0 atom stereocenters. The predicted octanol–water partition coefficient (Wildman–Crippen LogP) is 3.72. The van der Waals surface area contributed by atoms with Crippen molar-refractivity contribution in [1.82, 2.24) is 10.2 Å². The van der Waals surface area contributed by atoms with Crippen LogP contribution in [0, 0.1) is 6.92 Å². The Morgan fingerprint density at radius 3 is 2.30 bits per heavy atom. The number of hydrogen-bond acceptors (Lipinski definition) is 5. The summed E-state index contributed by atoms with van der Waals surface area (Å²) in [5.74, 6) is 1.11. The second kappa shape index (κ2) is 6.52. The molecule has 1 N–H and O–H groups in total. The molecule has 0 aliphatic heterocycles. The summed E-state index contributed by atoms with van der Waals surface area (Å²) >= 11 is 0. The van der Waals surface area contributed by atoms with Crippen LogP contribution < -0.4 is 10.2 Å². The second-order valence-corrected chi connectivity index (χ2v) is 5.66. The number of aryl methyl sites for hydroxylation is 1. The van der Waals surface area contributed by atoms with Crippen LogP contribution >= 0.6 is 0 Å². The van der Waals surface area contributed by atoms with Crippen molar-refractivity contribution in [3.05, 3.63) is 60.0 Å². The summed E-state index contributed by atoms with van der Waals surface area (Å²) in [6.07, 6.45) is 0. The third-order valence-corrected chi connectivity index (χ3v) is 3.59. The summed E-state index contributed by atoms with van der Waals surface area (Å²) in [4.78, 5) is 2.07. The molecular weight excluding hydrogens is 288 g/mol. The predicted molar refractivity (Wildman–Crippen MR) is 92.6 cm³/mol. The van der Waals surface area contributed by atoms with Crippen LogP contribution in [0.4, 0.5) is 11.4 Å². The minimum atomic E-state index is 0.500. The number of nitrogens with one attached hydrogen (secondary N) is 1. The van der Waals surface area contributed by atoms with E-state index in [-0.39, 0.29) is 0 Å². The van der Waals surface area contributed by atoms with Gasteiger partial charge in [-0.1, -0.05) is 17.7 Å². The van der Waals surface area contributed by atoms with Crippen LogP contribution in [0.2, 0.25) is 0 Å². The van der Waals surface area contributed by atoms with Crippen molar-refractivity contribution in [2.24, 2.45) is 0 Å². The van der Waals surface area contributed by atoms with Gasteiger partial charge in [-0.25, -0.2) is 0 Å². The van der Waals surface area contributed by atoms with Crippen LogP contribution in [0.25, 0.3) is 11.5 Å². The van der Waals surface area contributed by atoms with E-state index in [9.17, 15) is 0 Å². The van der Waals surface area contributed by atoms with E-state index in [1.165, 1.54) is 5.56 Å². The number of anilines is 2. The van der Waals surface area contributed by atoms with Gasteiger partial charge >= 0.3 is 0 Å². The summed E-state index contributed by atoms with van der Waals surface area (Å²) in [5, 5.41) is 11.5. The summed E-state index contributed by atoms with van der Waals surface area (Å²) in [6, 6.07) is 16.2. The van der Waals surface area contributed by atoms with Crippen LogP contribution in [0.1, 0.15) is 11.5 Å². The van der Waals surface area contributed by atoms with Crippen LogP contribution in [-0.2, 0) is 6.54 Å². The smallest absolute Gasteiger partial charge is 0.247 e. The maximum absolute atomic E-state index is 5.70. The maximum atomic E-state index is 5.70. The van der Waals surface area contributed by atoms with Crippen molar-refractivity contribution >= 4 is 11.4 Å². The third-order valence-electron chi connectivity index (χ3n) is 3.59. The quantitative estimate of drug-likeness (QED) is 0.778. The highest BCUT2D eigenvalue weighted by molar-refractivity contribution is 5.55. The number of aromatic nitrogens is 2. The number of rotatable bonds is 5. The molecule has 23 heavy (non-hydrogen) atoms. The lowest BCUT2D eigenvalue weighted by Crippen LogP contribution is -2.08. The molecule has 5 nitrogen and oxygen atoms in total. The van der Waals surface area contributed by atoms with E-state index in [4.69, 9.17) is 4.42 Å². The van der Waals surface area contributed by atoms with Gasteiger partial charge in [-0.3, -0.25) is 0 Å².